The van der Waals surface area contributed by atoms with Gasteiger partial charge in [-0.15, -0.1) is 0 Å². The van der Waals surface area contributed by atoms with Gasteiger partial charge in [0.15, 0.2) is 0 Å². The van der Waals surface area contributed by atoms with Gasteiger partial charge in [-0.25, -0.2) is 0 Å². The predicted molar refractivity (Wildman–Crippen MR) is 75.3 cm³/mol. The molecule has 1 aromatic carbocycles. The molecule has 0 saturated carbocycles. The highest BCUT2D eigenvalue weighted by molar-refractivity contribution is 5.94. The Bertz CT molecular complexity index is 480. The van der Waals surface area contributed by atoms with Crippen LogP contribution in [0.2, 0.25) is 0 Å². The van der Waals surface area contributed by atoms with Crippen molar-refractivity contribution < 1.29 is 4.79 Å². The van der Waals surface area contributed by atoms with Gasteiger partial charge in [-0.3, -0.25) is 4.79 Å². The average Bonchev–Trinajstić information content (AvgIpc) is 2.47. The molecule has 4 heteroatoms. The van der Waals surface area contributed by atoms with Gasteiger partial charge in [-0.2, -0.15) is 0 Å². The fourth-order valence-electron chi connectivity index (χ4n) is 2.88. The highest BCUT2D eigenvalue weighted by Gasteiger charge is 2.20. The third-order valence-corrected chi connectivity index (χ3v) is 4.06. The van der Waals surface area contributed by atoms with Crippen LogP contribution in [0.1, 0.15) is 21.5 Å². The molecule has 2 aliphatic rings. The highest BCUT2D eigenvalue weighted by atomic mass is 16.2. The molecule has 1 amide bonds. The van der Waals surface area contributed by atoms with E-state index in [2.05, 4.69) is 29.4 Å². The maximum Gasteiger partial charge on any atom is 0.253 e. The summed E-state index contributed by atoms with van der Waals surface area (Å²) in [5.74, 6) is 0.184. The zero-order valence-corrected chi connectivity index (χ0v) is 11.5. The first kappa shape index (κ1) is 12.6. The standard InChI is InChI=1S/C15H21N3O/c1-17-7-4-12-10-13(2-3-14(12)11-17)15(19)18-8-5-16-6-9-18/h2-3,10,16H,4-9,11H2,1H3. The number of hydrogen-bond acceptors (Lipinski definition) is 3. The minimum absolute atomic E-state index is 0.184. The summed E-state index contributed by atoms with van der Waals surface area (Å²) in [4.78, 5) is 16.7. The Labute approximate surface area is 114 Å². The molecule has 0 aliphatic carbocycles. The summed E-state index contributed by atoms with van der Waals surface area (Å²) in [5, 5.41) is 3.28. The second kappa shape index (κ2) is 5.31. The van der Waals surface area contributed by atoms with E-state index < -0.39 is 0 Å². The van der Waals surface area contributed by atoms with E-state index in [4.69, 9.17) is 0 Å². The van der Waals surface area contributed by atoms with Gasteiger partial charge >= 0.3 is 0 Å². The lowest BCUT2D eigenvalue weighted by Crippen LogP contribution is -2.46. The summed E-state index contributed by atoms with van der Waals surface area (Å²) < 4.78 is 0. The van der Waals surface area contributed by atoms with Crippen LogP contribution in [0.25, 0.3) is 0 Å². The van der Waals surface area contributed by atoms with Crippen molar-refractivity contribution in [1.29, 1.82) is 0 Å². The van der Waals surface area contributed by atoms with Crippen molar-refractivity contribution in [2.75, 3.05) is 39.8 Å². The van der Waals surface area contributed by atoms with Crippen molar-refractivity contribution in [3.63, 3.8) is 0 Å². The van der Waals surface area contributed by atoms with E-state index >= 15 is 0 Å². The van der Waals surface area contributed by atoms with Crippen LogP contribution in [0.4, 0.5) is 0 Å². The van der Waals surface area contributed by atoms with Gasteiger partial charge < -0.3 is 15.1 Å². The van der Waals surface area contributed by atoms with Gasteiger partial charge in [0.25, 0.3) is 5.91 Å². The van der Waals surface area contributed by atoms with Gasteiger partial charge in [-0.1, -0.05) is 6.07 Å². The van der Waals surface area contributed by atoms with Crippen LogP contribution in [-0.2, 0) is 13.0 Å². The molecule has 0 bridgehead atoms. The predicted octanol–water partition coefficient (Wildman–Crippen LogP) is 0.720. The quantitative estimate of drug-likeness (QED) is 0.807. The Balaban J connectivity index is 1.79. The minimum atomic E-state index is 0.184. The summed E-state index contributed by atoms with van der Waals surface area (Å²) in [6.45, 7) is 5.52. The second-order valence-corrected chi connectivity index (χ2v) is 5.51. The van der Waals surface area contributed by atoms with Crippen molar-refractivity contribution in [1.82, 2.24) is 15.1 Å². The smallest absolute Gasteiger partial charge is 0.253 e. The van der Waals surface area contributed by atoms with Gasteiger partial charge in [0, 0.05) is 44.8 Å². The van der Waals surface area contributed by atoms with Gasteiger partial charge in [0.2, 0.25) is 0 Å². The Kier molecular flexibility index (Phi) is 3.53. The number of piperazine rings is 1. The van der Waals surface area contributed by atoms with Gasteiger partial charge in [0.1, 0.15) is 0 Å². The second-order valence-electron chi connectivity index (χ2n) is 5.51. The topological polar surface area (TPSA) is 35.6 Å². The third-order valence-electron chi connectivity index (χ3n) is 4.06. The number of nitrogens with zero attached hydrogens (tertiary/aromatic N) is 2. The molecule has 1 saturated heterocycles. The molecule has 0 atom stereocenters. The zero-order chi connectivity index (χ0) is 13.2. The van der Waals surface area contributed by atoms with Crippen molar-refractivity contribution in [3.05, 3.63) is 34.9 Å². The molecule has 1 fully saturated rings. The molecule has 0 aromatic heterocycles. The lowest BCUT2D eigenvalue weighted by atomic mass is 9.97. The summed E-state index contributed by atoms with van der Waals surface area (Å²) in [6, 6.07) is 6.22. The van der Waals surface area contributed by atoms with Crippen molar-refractivity contribution in [2.24, 2.45) is 0 Å². The summed E-state index contributed by atoms with van der Waals surface area (Å²) in [5.41, 5.74) is 3.56. The summed E-state index contributed by atoms with van der Waals surface area (Å²) in [6.07, 6.45) is 1.05. The molecule has 4 nitrogen and oxygen atoms in total. The number of fused-ring (bicyclic) bond motifs is 1. The third kappa shape index (κ3) is 2.65. The molecule has 0 radical (unpaired) electrons. The number of amides is 1. The number of rotatable bonds is 1. The fraction of sp³-hybridized carbons (Fsp3) is 0.533. The van der Waals surface area contributed by atoms with E-state index in [-0.39, 0.29) is 5.91 Å². The lowest BCUT2D eigenvalue weighted by molar-refractivity contribution is 0.0735. The number of nitrogens with one attached hydrogen (secondary N) is 1. The highest BCUT2D eigenvalue weighted by Crippen LogP contribution is 2.20. The first-order valence-corrected chi connectivity index (χ1v) is 7.04. The Morgan fingerprint density at radius 2 is 1.95 bits per heavy atom. The molecule has 2 heterocycles. The molecule has 19 heavy (non-hydrogen) atoms. The number of carbonyl (C=O) groups is 1. The minimum Gasteiger partial charge on any atom is -0.336 e. The number of likely N-dealkylation sites (N-methyl/N-ethyl adjacent to an activating group) is 1. The van der Waals surface area contributed by atoms with E-state index in [9.17, 15) is 4.79 Å². The number of hydrogen-bond donors (Lipinski definition) is 1. The molecule has 0 unspecified atom stereocenters. The molecule has 3 rings (SSSR count). The van der Waals surface area contributed by atoms with E-state index in [1.807, 2.05) is 11.0 Å². The molecule has 1 N–H and O–H groups in total. The van der Waals surface area contributed by atoms with Crippen LogP contribution in [-0.4, -0.2) is 55.5 Å². The summed E-state index contributed by atoms with van der Waals surface area (Å²) >= 11 is 0. The van der Waals surface area contributed by atoms with Crippen molar-refractivity contribution >= 4 is 5.91 Å². The lowest BCUT2D eigenvalue weighted by Gasteiger charge is -2.29. The number of carbonyl (C=O) groups excluding carboxylic acids is 1. The molecule has 102 valence electrons. The van der Waals surface area contributed by atoms with E-state index in [1.165, 1.54) is 11.1 Å². The number of benzene rings is 1. The maximum absolute atomic E-state index is 12.4. The SMILES string of the molecule is CN1CCc2cc(C(=O)N3CCNCC3)ccc2C1. The van der Waals surface area contributed by atoms with Crippen LogP contribution < -0.4 is 5.32 Å². The van der Waals surface area contributed by atoms with Crippen molar-refractivity contribution in [2.45, 2.75) is 13.0 Å². The molecule has 2 aliphatic heterocycles. The summed E-state index contributed by atoms with van der Waals surface area (Å²) in [7, 11) is 2.14. The van der Waals surface area contributed by atoms with Gasteiger partial charge in [-0.05, 0) is 36.7 Å². The van der Waals surface area contributed by atoms with Crippen LogP contribution in [0.15, 0.2) is 18.2 Å². The average molecular weight is 259 g/mol. The van der Waals surface area contributed by atoms with Gasteiger partial charge in [0.05, 0.1) is 0 Å². The zero-order valence-electron chi connectivity index (χ0n) is 11.5. The van der Waals surface area contributed by atoms with E-state index in [0.29, 0.717) is 0 Å². The molecule has 1 aromatic rings. The monoisotopic (exact) mass is 259 g/mol. The Hall–Kier alpha value is -1.39. The molecule has 0 spiro atoms. The molecular formula is C15H21N3O. The first-order valence-electron chi connectivity index (χ1n) is 7.04. The van der Waals surface area contributed by atoms with Crippen LogP contribution in [0.5, 0.6) is 0 Å². The maximum atomic E-state index is 12.4. The van der Waals surface area contributed by atoms with Crippen LogP contribution >= 0.6 is 0 Å². The first-order chi connectivity index (χ1) is 9.24. The van der Waals surface area contributed by atoms with Crippen LogP contribution in [0, 0.1) is 0 Å². The Morgan fingerprint density at radius 3 is 2.74 bits per heavy atom. The van der Waals surface area contributed by atoms with Crippen LogP contribution in [0.3, 0.4) is 0 Å². The van der Waals surface area contributed by atoms with E-state index in [0.717, 1.165) is 51.3 Å². The largest absolute Gasteiger partial charge is 0.336 e. The van der Waals surface area contributed by atoms with Crippen molar-refractivity contribution in [3.8, 4) is 0 Å². The van der Waals surface area contributed by atoms with E-state index in [1.54, 1.807) is 0 Å². The fourth-order valence-corrected chi connectivity index (χ4v) is 2.88. The Morgan fingerprint density at radius 1 is 1.16 bits per heavy atom. The normalized spacial score (nSPS) is 20.2. The molecular weight excluding hydrogens is 238 g/mol.